The van der Waals surface area contributed by atoms with Crippen LogP contribution in [0, 0.1) is 6.92 Å². The van der Waals surface area contributed by atoms with Crippen LogP contribution in [0.2, 0.25) is 0 Å². The maximum atomic E-state index is 12.7. The molecule has 1 aromatic heterocycles. The van der Waals surface area contributed by atoms with Crippen LogP contribution in [0.15, 0.2) is 24.3 Å². The highest BCUT2D eigenvalue weighted by Crippen LogP contribution is 2.27. The zero-order valence-corrected chi connectivity index (χ0v) is 16.5. The van der Waals surface area contributed by atoms with E-state index in [2.05, 4.69) is 15.6 Å². The number of carbonyl (C=O) groups is 1. The summed E-state index contributed by atoms with van der Waals surface area (Å²) in [6, 6.07) is 8.16. The summed E-state index contributed by atoms with van der Waals surface area (Å²) < 4.78 is 5.18. The number of nitrogens with one attached hydrogen (secondary N) is 2. The van der Waals surface area contributed by atoms with Gasteiger partial charge in [-0.05, 0) is 44.4 Å². The summed E-state index contributed by atoms with van der Waals surface area (Å²) in [5.41, 5.74) is 1.83. The molecule has 2 N–H and O–H groups in total. The van der Waals surface area contributed by atoms with E-state index in [1.165, 1.54) is 43.4 Å². The van der Waals surface area contributed by atoms with Crippen molar-refractivity contribution in [1.82, 2.24) is 10.3 Å². The molecule has 1 aliphatic rings. The lowest BCUT2D eigenvalue weighted by Crippen LogP contribution is -2.26. The van der Waals surface area contributed by atoms with Gasteiger partial charge in [0.25, 0.3) is 5.91 Å². The zero-order valence-electron chi connectivity index (χ0n) is 15.7. The largest absolute Gasteiger partial charge is 0.497 e. The van der Waals surface area contributed by atoms with Gasteiger partial charge in [-0.2, -0.15) is 0 Å². The summed E-state index contributed by atoms with van der Waals surface area (Å²) in [7, 11) is 1.64. The third-order valence-electron chi connectivity index (χ3n) is 4.90. The lowest BCUT2D eigenvalue weighted by molar-refractivity contribution is 0.0943. The fraction of sp³-hybridized carbons (Fsp3) is 0.500. The SMILES string of the molecule is COc1ccc([C@H](C)NC(=O)c2sc(NC3CCCCC3)nc2C)cc1. The van der Waals surface area contributed by atoms with Gasteiger partial charge >= 0.3 is 0 Å². The van der Waals surface area contributed by atoms with Gasteiger partial charge in [0.2, 0.25) is 0 Å². The van der Waals surface area contributed by atoms with Crippen molar-refractivity contribution >= 4 is 22.4 Å². The van der Waals surface area contributed by atoms with Crippen LogP contribution in [0.4, 0.5) is 5.13 Å². The second kappa shape index (κ2) is 8.54. The maximum absolute atomic E-state index is 12.7. The Balaban J connectivity index is 1.63. The summed E-state index contributed by atoms with van der Waals surface area (Å²) in [4.78, 5) is 17.9. The first kappa shape index (κ1) is 18.7. The molecule has 5 nitrogen and oxygen atoms in total. The molecule has 1 amide bonds. The summed E-state index contributed by atoms with van der Waals surface area (Å²) in [6.45, 7) is 3.88. The first-order valence-corrected chi connectivity index (χ1v) is 10.1. The number of benzene rings is 1. The van der Waals surface area contributed by atoms with Crippen molar-refractivity contribution in [1.29, 1.82) is 0 Å². The van der Waals surface area contributed by atoms with Crippen LogP contribution < -0.4 is 15.4 Å². The Kier molecular flexibility index (Phi) is 6.14. The third-order valence-corrected chi connectivity index (χ3v) is 5.99. The van der Waals surface area contributed by atoms with Crippen LogP contribution in [0.5, 0.6) is 5.75 Å². The van der Waals surface area contributed by atoms with Gasteiger partial charge in [0.1, 0.15) is 10.6 Å². The average molecular weight is 374 g/mol. The van der Waals surface area contributed by atoms with E-state index in [1.54, 1.807) is 7.11 Å². The minimum Gasteiger partial charge on any atom is -0.497 e. The highest BCUT2D eigenvalue weighted by atomic mass is 32.1. The summed E-state index contributed by atoms with van der Waals surface area (Å²) in [5.74, 6) is 0.740. The highest BCUT2D eigenvalue weighted by Gasteiger charge is 2.20. The molecule has 1 atom stereocenters. The predicted molar refractivity (Wildman–Crippen MR) is 106 cm³/mol. The molecular formula is C20H27N3O2S. The van der Waals surface area contributed by atoms with Crippen molar-refractivity contribution in [3.05, 3.63) is 40.4 Å². The Morgan fingerprint density at radius 2 is 1.92 bits per heavy atom. The second-order valence-electron chi connectivity index (χ2n) is 6.88. The molecule has 1 aromatic carbocycles. The Morgan fingerprint density at radius 3 is 2.58 bits per heavy atom. The van der Waals surface area contributed by atoms with Gasteiger partial charge in [0.05, 0.1) is 18.8 Å². The van der Waals surface area contributed by atoms with Gasteiger partial charge in [0.15, 0.2) is 5.13 Å². The lowest BCUT2D eigenvalue weighted by Gasteiger charge is -2.22. The molecule has 0 radical (unpaired) electrons. The molecule has 3 rings (SSSR count). The predicted octanol–water partition coefficient (Wildman–Crippen LogP) is 4.70. The molecular weight excluding hydrogens is 346 g/mol. The summed E-state index contributed by atoms with van der Waals surface area (Å²) in [6.07, 6.45) is 6.25. The van der Waals surface area contributed by atoms with E-state index in [0.29, 0.717) is 10.9 Å². The number of nitrogens with zero attached hydrogens (tertiary/aromatic N) is 1. The van der Waals surface area contributed by atoms with E-state index < -0.39 is 0 Å². The van der Waals surface area contributed by atoms with Gasteiger partial charge in [-0.25, -0.2) is 4.98 Å². The van der Waals surface area contributed by atoms with E-state index in [1.807, 2.05) is 38.1 Å². The number of amides is 1. The minimum atomic E-state index is -0.0790. The van der Waals surface area contributed by atoms with E-state index in [9.17, 15) is 4.79 Å². The Labute approximate surface area is 159 Å². The quantitative estimate of drug-likeness (QED) is 0.771. The molecule has 0 spiro atoms. The normalized spacial score (nSPS) is 16.1. The molecule has 140 valence electrons. The molecule has 0 aliphatic heterocycles. The Bertz CT molecular complexity index is 736. The molecule has 0 unspecified atom stereocenters. The van der Waals surface area contributed by atoms with Crippen molar-refractivity contribution in [2.75, 3.05) is 12.4 Å². The third kappa shape index (κ3) is 4.55. The number of aromatic nitrogens is 1. The van der Waals surface area contributed by atoms with Crippen LogP contribution in [0.3, 0.4) is 0 Å². The van der Waals surface area contributed by atoms with E-state index in [0.717, 1.165) is 22.1 Å². The first-order valence-electron chi connectivity index (χ1n) is 9.25. The molecule has 1 heterocycles. The molecule has 1 saturated carbocycles. The number of carbonyl (C=O) groups excluding carboxylic acids is 1. The van der Waals surface area contributed by atoms with Crippen LogP contribution in [-0.2, 0) is 0 Å². The van der Waals surface area contributed by atoms with E-state index in [-0.39, 0.29) is 11.9 Å². The van der Waals surface area contributed by atoms with Gasteiger partial charge in [-0.15, -0.1) is 0 Å². The number of thiazole rings is 1. The fourth-order valence-corrected chi connectivity index (χ4v) is 4.27. The number of hydrogen-bond donors (Lipinski definition) is 2. The second-order valence-corrected chi connectivity index (χ2v) is 7.88. The molecule has 26 heavy (non-hydrogen) atoms. The van der Waals surface area contributed by atoms with Crippen molar-refractivity contribution in [3.63, 3.8) is 0 Å². The van der Waals surface area contributed by atoms with Crippen molar-refractivity contribution in [2.24, 2.45) is 0 Å². The fourth-order valence-electron chi connectivity index (χ4n) is 3.33. The average Bonchev–Trinajstić information content (AvgIpc) is 3.02. The van der Waals surface area contributed by atoms with Crippen molar-refractivity contribution in [3.8, 4) is 5.75 Å². The highest BCUT2D eigenvalue weighted by molar-refractivity contribution is 7.17. The topological polar surface area (TPSA) is 63.2 Å². The van der Waals surface area contributed by atoms with Crippen LogP contribution in [-0.4, -0.2) is 24.0 Å². The standard InChI is InChI=1S/C20H27N3O2S/c1-13(15-9-11-17(25-3)12-10-15)21-19(24)18-14(2)22-20(26-18)23-16-7-5-4-6-8-16/h9-13,16H,4-8H2,1-3H3,(H,21,24)(H,22,23)/t13-/m0/s1. The van der Waals surface area contributed by atoms with E-state index in [4.69, 9.17) is 4.74 Å². The lowest BCUT2D eigenvalue weighted by atomic mass is 9.96. The number of methoxy groups -OCH3 is 1. The van der Waals surface area contributed by atoms with Crippen molar-refractivity contribution in [2.45, 2.75) is 58.0 Å². The van der Waals surface area contributed by atoms with Gasteiger partial charge < -0.3 is 15.4 Å². The maximum Gasteiger partial charge on any atom is 0.263 e. The first-order chi connectivity index (χ1) is 12.6. The Hall–Kier alpha value is -2.08. The van der Waals surface area contributed by atoms with Crippen LogP contribution >= 0.6 is 11.3 Å². The monoisotopic (exact) mass is 373 g/mol. The number of anilines is 1. The van der Waals surface area contributed by atoms with Gasteiger partial charge in [-0.3, -0.25) is 4.79 Å². The van der Waals surface area contributed by atoms with Crippen molar-refractivity contribution < 1.29 is 9.53 Å². The Morgan fingerprint density at radius 1 is 1.23 bits per heavy atom. The molecule has 2 aromatic rings. The van der Waals surface area contributed by atoms with Crippen LogP contribution in [0.25, 0.3) is 0 Å². The molecule has 1 aliphatic carbocycles. The van der Waals surface area contributed by atoms with Gasteiger partial charge in [-0.1, -0.05) is 42.7 Å². The zero-order chi connectivity index (χ0) is 18.5. The number of hydrogen-bond acceptors (Lipinski definition) is 5. The summed E-state index contributed by atoms with van der Waals surface area (Å²) >= 11 is 1.45. The number of rotatable bonds is 6. The number of ether oxygens (including phenoxy) is 1. The molecule has 1 fully saturated rings. The molecule has 0 bridgehead atoms. The summed E-state index contributed by atoms with van der Waals surface area (Å²) in [5, 5.41) is 7.44. The van der Waals surface area contributed by atoms with E-state index >= 15 is 0 Å². The smallest absolute Gasteiger partial charge is 0.263 e. The van der Waals surface area contributed by atoms with Crippen LogP contribution in [0.1, 0.15) is 66.0 Å². The molecule has 0 saturated heterocycles. The number of aryl methyl sites for hydroxylation is 1. The molecule has 6 heteroatoms. The van der Waals surface area contributed by atoms with Gasteiger partial charge in [0, 0.05) is 6.04 Å². The minimum absolute atomic E-state index is 0.0694.